The van der Waals surface area contributed by atoms with Crippen molar-refractivity contribution in [3.8, 4) is 5.75 Å². The molecule has 1 aromatic heterocycles. The van der Waals surface area contributed by atoms with Gasteiger partial charge in [0.05, 0.1) is 6.42 Å². The molecule has 158 valence electrons. The van der Waals surface area contributed by atoms with E-state index in [1.807, 2.05) is 71.9 Å². The van der Waals surface area contributed by atoms with Gasteiger partial charge in [-0.25, -0.2) is 4.98 Å². The Hall–Kier alpha value is -3.08. The number of para-hydroxylation sites is 2. The quantitative estimate of drug-likeness (QED) is 0.542. The molecule has 0 bridgehead atoms. The molecule has 0 aliphatic rings. The number of hydrogen-bond donors (Lipinski definition) is 2. The molecular formula is C25H29NO4. The maximum atomic E-state index is 11.5. The van der Waals surface area contributed by atoms with Gasteiger partial charge in [0.1, 0.15) is 11.3 Å². The molecule has 2 aromatic carbocycles. The fourth-order valence-corrected chi connectivity index (χ4v) is 3.45. The van der Waals surface area contributed by atoms with E-state index in [4.69, 9.17) is 4.42 Å². The first-order valence-electron chi connectivity index (χ1n) is 10.0. The van der Waals surface area contributed by atoms with Crippen LogP contribution in [0, 0.1) is 0 Å². The molecule has 0 radical (unpaired) electrons. The maximum absolute atomic E-state index is 11.5. The lowest BCUT2D eigenvalue weighted by molar-refractivity contribution is -0.135. The van der Waals surface area contributed by atoms with Crippen LogP contribution in [0.2, 0.25) is 0 Å². The van der Waals surface area contributed by atoms with Crippen LogP contribution in [0.5, 0.6) is 5.75 Å². The van der Waals surface area contributed by atoms with E-state index < -0.39 is 5.97 Å². The van der Waals surface area contributed by atoms with Crippen molar-refractivity contribution in [3.05, 3.63) is 59.0 Å². The van der Waals surface area contributed by atoms with Crippen molar-refractivity contribution in [1.82, 2.24) is 4.98 Å². The second-order valence-electron chi connectivity index (χ2n) is 9.69. The lowest BCUT2D eigenvalue weighted by atomic mass is 9.78. The molecule has 0 aliphatic heterocycles. The van der Waals surface area contributed by atoms with Crippen LogP contribution >= 0.6 is 0 Å². The zero-order valence-corrected chi connectivity index (χ0v) is 18.4. The smallest absolute Gasteiger partial charge is 0.308 e. The Bertz CT molecular complexity index is 1060. The lowest BCUT2D eigenvalue weighted by Crippen LogP contribution is -2.17. The second kappa shape index (κ2) is 7.63. The van der Waals surface area contributed by atoms with Crippen LogP contribution in [0.1, 0.15) is 70.5 Å². The Morgan fingerprint density at radius 2 is 1.60 bits per heavy atom. The summed E-state index contributed by atoms with van der Waals surface area (Å²) in [5.74, 6) is -0.385. The van der Waals surface area contributed by atoms with Crippen LogP contribution in [0.4, 0.5) is 0 Å². The van der Waals surface area contributed by atoms with Crippen molar-refractivity contribution < 1.29 is 19.4 Å². The van der Waals surface area contributed by atoms with Crippen LogP contribution in [-0.2, 0) is 15.6 Å². The number of carboxylic acids is 1. The van der Waals surface area contributed by atoms with Gasteiger partial charge in [0.15, 0.2) is 5.58 Å². The van der Waals surface area contributed by atoms with Gasteiger partial charge in [0.2, 0.25) is 5.89 Å². The van der Waals surface area contributed by atoms with Crippen LogP contribution in [0.3, 0.4) is 0 Å². The number of phenolic OH excluding ortho intramolecular Hbond substituents is 1. The number of carbonyl (C=O) groups is 1. The van der Waals surface area contributed by atoms with Gasteiger partial charge in [0.25, 0.3) is 0 Å². The molecule has 0 unspecified atom stereocenters. The third-order valence-corrected chi connectivity index (χ3v) is 5.00. The fourth-order valence-electron chi connectivity index (χ4n) is 3.45. The highest BCUT2D eigenvalue weighted by Crippen LogP contribution is 2.40. The largest absolute Gasteiger partial charge is 0.507 e. The summed E-state index contributed by atoms with van der Waals surface area (Å²) in [7, 11) is 0. The van der Waals surface area contributed by atoms with Crippen LogP contribution in [0.25, 0.3) is 22.7 Å². The summed E-state index contributed by atoms with van der Waals surface area (Å²) in [5.41, 5.74) is 3.64. The molecule has 1 heterocycles. The van der Waals surface area contributed by atoms with E-state index >= 15 is 0 Å². The lowest BCUT2D eigenvalue weighted by Gasteiger charge is -2.28. The number of oxazole rings is 1. The highest BCUT2D eigenvalue weighted by Gasteiger charge is 2.26. The van der Waals surface area contributed by atoms with Crippen LogP contribution in [-0.4, -0.2) is 21.2 Å². The first kappa shape index (κ1) is 21.6. The number of aliphatic carboxylic acids is 1. The van der Waals surface area contributed by atoms with Gasteiger partial charge >= 0.3 is 5.97 Å². The van der Waals surface area contributed by atoms with E-state index in [2.05, 4.69) is 4.98 Å². The summed E-state index contributed by atoms with van der Waals surface area (Å²) in [6, 6.07) is 11.2. The van der Waals surface area contributed by atoms with Crippen molar-refractivity contribution in [2.24, 2.45) is 0 Å². The minimum absolute atomic E-state index is 0.219. The molecule has 5 heteroatoms. The second-order valence-corrected chi connectivity index (χ2v) is 9.69. The Balaban J connectivity index is 2.22. The number of carboxylic acid groups (broad SMARTS) is 1. The summed E-state index contributed by atoms with van der Waals surface area (Å²) in [6.45, 7) is 12.3. The van der Waals surface area contributed by atoms with Gasteiger partial charge in [-0.1, -0.05) is 53.7 Å². The van der Waals surface area contributed by atoms with Gasteiger partial charge in [-0.05, 0) is 46.7 Å². The Labute approximate surface area is 177 Å². The highest BCUT2D eigenvalue weighted by atomic mass is 16.4. The first-order valence-corrected chi connectivity index (χ1v) is 10.0. The molecule has 0 amide bonds. The van der Waals surface area contributed by atoms with Crippen molar-refractivity contribution in [2.45, 2.75) is 58.8 Å². The SMILES string of the molecule is CC(C)(C)c1cc(/C=C(\CC(=O)O)c2nc3ccccc3o2)cc(C(C)(C)C)c1O. The monoisotopic (exact) mass is 407 g/mol. The number of phenols is 1. The van der Waals surface area contributed by atoms with Crippen LogP contribution in [0.15, 0.2) is 40.8 Å². The predicted octanol–water partition coefficient (Wildman–Crippen LogP) is 6.14. The van der Waals surface area contributed by atoms with Crippen LogP contribution < -0.4 is 0 Å². The third kappa shape index (κ3) is 4.56. The molecule has 0 aliphatic carbocycles. The summed E-state index contributed by atoms with van der Waals surface area (Å²) in [4.78, 5) is 16.0. The molecule has 3 rings (SSSR count). The number of nitrogens with zero attached hydrogens (tertiary/aromatic N) is 1. The molecule has 0 saturated carbocycles. The molecule has 2 N–H and O–H groups in total. The normalized spacial score (nSPS) is 13.1. The Morgan fingerprint density at radius 1 is 1.03 bits per heavy atom. The highest BCUT2D eigenvalue weighted by molar-refractivity contribution is 5.91. The summed E-state index contributed by atoms with van der Waals surface area (Å²) in [5, 5.41) is 20.4. The zero-order chi connectivity index (χ0) is 22.3. The minimum Gasteiger partial charge on any atom is -0.507 e. The van der Waals surface area contributed by atoms with Gasteiger partial charge < -0.3 is 14.6 Å². The predicted molar refractivity (Wildman–Crippen MR) is 120 cm³/mol. The Morgan fingerprint density at radius 3 is 2.10 bits per heavy atom. The molecule has 30 heavy (non-hydrogen) atoms. The third-order valence-electron chi connectivity index (χ3n) is 5.00. The van der Waals surface area contributed by atoms with E-state index in [1.54, 1.807) is 12.1 Å². The average Bonchev–Trinajstić information content (AvgIpc) is 3.04. The standard InChI is InChI=1S/C25H29NO4/c1-24(2,3)17-12-15(13-18(22(17)29)25(4,5)6)11-16(14-21(27)28)23-26-19-9-7-8-10-20(19)30-23/h7-13,29H,14H2,1-6H3,(H,27,28)/b16-11+. The number of rotatable bonds is 4. The van der Waals surface area contributed by atoms with E-state index in [0.29, 0.717) is 22.6 Å². The van der Waals surface area contributed by atoms with E-state index in [-0.39, 0.29) is 23.0 Å². The van der Waals surface area contributed by atoms with Crippen molar-refractivity contribution in [3.63, 3.8) is 0 Å². The average molecular weight is 408 g/mol. The molecule has 5 nitrogen and oxygen atoms in total. The molecule has 0 atom stereocenters. The van der Waals surface area contributed by atoms with E-state index in [0.717, 1.165) is 16.7 Å². The van der Waals surface area contributed by atoms with Gasteiger partial charge in [-0.2, -0.15) is 0 Å². The molecular weight excluding hydrogens is 378 g/mol. The topological polar surface area (TPSA) is 83.6 Å². The molecule has 0 fully saturated rings. The van der Waals surface area contributed by atoms with Crippen molar-refractivity contribution in [2.75, 3.05) is 0 Å². The fraction of sp³-hybridized carbons (Fsp3) is 0.360. The molecule has 0 saturated heterocycles. The van der Waals surface area contributed by atoms with E-state index in [1.165, 1.54) is 0 Å². The summed E-state index contributed by atoms with van der Waals surface area (Å²) >= 11 is 0. The number of aromatic nitrogens is 1. The molecule has 3 aromatic rings. The maximum Gasteiger partial charge on any atom is 0.308 e. The Kier molecular flexibility index (Phi) is 5.50. The van der Waals surface area contributed by atoms with Crippen molar-refractivity contribution in [1.29, 1.82) is 0 Å². The number of benzene rings is 2. The first-order chi connectivity index (χ1) is 13.9. The van der Waals surface area contributed by atoms with Gasteiger partial charge in [-0.3, -0.25) is 4.79 Å². The van der Waals surface area contributed by atoms with Gasteiger partial charge in [-0.15, -0.1) is 0 Å². The van der Waals surface area contributed by atoms with E-state index in [9.17, 15) is 15.0 Å². The number of hydrogen-bond acceptors (Lipinski definition) is 4. The minimum atomic E-state index is -0.964. The molecule has 0 spiro atoms. The van der Waals surface area contributed by atoms with Gasteiger partial charge in [0, 0.05) is 16.7 Å². The summed E-state index contributed by atoms with van der Waals surface area (Å²) < 4.78 is 5.83. The zero-order valence-electron chi connectivity index (χ0n) is 18.4. The number of aromatic hydroxyl groups is 1. The number of fused-ring (bicyclic) bond motifs is 1. The summed E-state index contributed by atoms with van der Waals surface area (Å²) in [6.07, 6.45) is 1.58. The van der Waals surface area contributed by atoms with Crippen molar-refractivity contribution >= 4 is 28.7 Å².